The van der Waals surface area contributed by atoms with Crippen LogP contribution < -0.4 is 10.2 Å². The number of nitrogens with zero attached hydrogens (tertiary/aromatic N) is 3. The van der Waals surface area contributed by atoms with E-state index in [9.17, 15) is 22.4 Å². The molecular formula is C26H23ClF4N4O. The maximum Gasteiger partial charge on any atom is 0.416 e. The molecule has 1 aromatic heterocycles. The average Bonchev–Trinajstić information content (AvgIpc) is 2.84. The van der Waals surface area contributed by atoms with Gasteiger partial charge >= 0.3 is 6.18 Å². The molecule has 4 rings (SSSR count). The Morgan fingerprint density at radius 1 is 1.03 bits per heavy atom. The molecule has 3 aromatic rings. The number of hydrogen-bond acceptors (Lipinski definition) is 4. The van der Waals surface area contributed by atoms with Crippen molar-refractivity contribution in [1.29, 1.82) is 0 Å². The van der Waals surface area contributed by atoms with E-state index in [1.165, 1.54) is 42.6 Å². The van der Waals surface area contributed by atoms with Crippen LogP contribution >= 0.6 is 11.6 Å². The topological polar surface area (TPSA) is 48.5 Å². The molecule has 0 unspecified atom stereocenters. The fourth-order valence-corrected chi connectivity index (χ4v) is 4.09. The minimum Gasteiger partial charge on any atom is -0.367 e. The SMILES string of the molecule is O=C(Nc1cc(F)ccc1N1CCN(CC=Cc2ccc(C(F)(F)F)cc2)CC1)c1ccnc(Cl)c1. The van der Waals surface area contributed by atoms with Crippen LogP contribution in [0.2, 0.25) is 5.15 Å². The molecule has 1 N–H and O–H groups in total. The number of amides is 1. The number of halogens is 5. The van der Waals surface area contributed by atoms with Crippen molar-refractivity contribution in [2.45, 2.75) is 6.18 Å². The standard InChI is InChI=1S/C26H23ClF4N4O/c27-24-16-19(9-10-32-24)25(36)33-22-17-21(28)7-8-23(22)35-14-12-34(13-15-35)11-1-2-18-3-5-20(6-4-18)26(29,30)31/h1-10,16-17H,11-15H2,(H,33,36). The second-order valence-electron chi connectivity index (χ2n) is 8.29. The number of rotatable bonds is 6. The molecule has 2 heterocycles. The summed E-state index contributed by atoms with van der Waals surface area (Å²) in [5.41, 5.74) is 1.42. The highest BCUT2D eigenvalue weighted by atomic mass is 35.5. The van der Waals surface area contributed by atoms with Crippen molar-refractivity contribution in [3.05, 3.63) is 94.5 Å². The molecule has 1 fully saturated rings. The maximum absolute atomic E-state index is 14.0. The third kappa shape index (κ3) is 6.61. The van der Waals surface area contributed by atoms with E-state index in [4.69, 9.17) is 11.6 Å². The third-order valence-electron chi connectivity index (χ3n) is 5.82. The Bertz CT molecular complexity index is 1240. The first-order chi connectivity index (χ1) is 17.2. The Labute approximate surface area is 211 Å². The summed E-state index contributed by atoms with van der Waals surface area (Å²) in [6.07, 6.45) is 0.796. The molecule has 2 aromatic carbocycles. The molecular weight excluding hydrogens is 496 g/mol. The number of anilines is 2. The van der Waals surface area contributed by atoms with E-state index >= 15 is 0 Å². The van der Waals surface area contributed by atoms with E-state index < -0.39 is 23.5 Å². The summed E-state index contributed by atoms with van der Waals surface area (Å²) < 4.78 is 52.1. The van der Waals surface area contributed by atoms with Crippen molar-refractivity contribution in [2.24, 2.45) is 0 Å². The molecule has 1 aliphatic rings. The minimum absolute atomic E-state index is 0.186. The number of carbonyl (C=O) groups is 1. The molecule has 1 amide bonds. The highest BCUT2D eigenvalue weighted by Crippen LogP contribution is 2.30. The molecule has 0 atom stereocenters. The summed E-state index contributed by atoms with van der Waals surface area (Å²) in [5.74, 6) is -0.882. The molecule has 1 saturated heterocycles. The van der Waals surface area contributed by atoms with Gasteiger partial charge in [-0.15, -0.1) is 0 Å². The van der Waals surface area contributed by atoms with Crippen LogP contribution in [0.25, 0.3) is 6.08 Å². The molecule has 0 radical (unpaired) electrons. The zero-order chi connectivity index (χ0) is 25.7. The summed E-state index contributed by atoms with van der Waals surface area (Å²) in [6.45, 7) is 3.41. The van der Waals surface area contributed by atoms with Gasteiger partial charge in [-0.3, -0.25) is 9.69 Å². The van der Waals surface area contributed by atoms with Gasteiger partial charge < -0.3 is 10.2 Å². The highest BCUT2D eigenvalue weighted by molar-refractivity contribution is 6.29. The first-order valence-electron chi connectivity index (χ1n) is 11.2. The molecule has 36 heavy (non-hydrogen) atoms. The number of piperazine rings is 1. The second kappa shape index (κ2) is 11.1. The van der Waals surface area contributed by atoms with E-state index in [2.05, 4.69) is 20.1 Å². The van der Waals surface area contributed by atoms with Gasteiger partial charge in [0, 0.05) is 44.5 Å². The van der Waals surface area contributed by atoms with E-state index in [0.29, 0.717) is 42.1 Å². The van der Waals surface area contributed by atoms with Gasteiger partial charge in [-0.1, -0.05) is 35.9 Å². The van der Waals surface area contributed by atoms with Crippen LogP contribution in [0.3, 0.4) is 0 Å². The summed E-state index contributed by atoms with van der Waals surface area (Å²) in [5, 5.41) is 2.95. The summed E-state index contributed by atoms with van der Waals surface area (Å²) in [4.78, 5) is 20.8. The molecule has 0 spiro atoms. The van der Waals surface area contributed by atoms with Crippen LogP contribution in [0, 0.1) is 5.82 Å². The van der Waals surface area contributed by atoms with Crippen molar-refractivity contribution < 1.29 is 22.4 Å². The molecule has 1 aliphatic heterocycles. The second-order valence-corrected chi connectivity index (χ2v) is 8.68. The van der Waals surface area contributed by atoms with Gasteiger partial charge in [-0.05, 0) is 48.0 Å². The zero-order valence-corrected chi connectivity index (χ0v) is 19.9. The first kappa shape index (κ1) is 25.7. The highest BCUT2D eigenvalue weighted by Gasteiger charge is 2.29. The largest absolute Gasteiger partial charge is 0.416 e. The van der Waals surface area contributed by atoms with E-state index in [-0.39, 0.29) is 5.15 Å². The smallest absolute Gasteiger partial charge is 0.367 e. The fourth-order valence-electron chi connectivity index (χ4n) is 3.91. The van der Waals surface area contributed by atoms with E-state index in [1.54, 1.807) is 12.1 Å². The lowest BCUT2D eigenvalue weighted by atomic mass is 10.1. The molecule has 188 valence electrons. The number of nitrogens with one attached hydrogen (secondary N) is 1. The lowest BCUT2D eigenvalue weighted by molar-refractivity contribution is -0.137. The van der Waals surface area contributed by atoms with Crippen LogP contribution in [0.15, 0.2) is 66.9 Å². The Balaban J connectivity index is 1.35. The molecule has 0 bridgehead atoms. The number of alkyl halides is 3. The van der Waals surface area contributed by atoms with E-state index in [0.717, 1.165) is 25.2 Å². The normalized spacial score (nSPS) is 14.9. The summed E-state index contributed by atoms with van der Waals surface area (Å²) in [7, 11) is 0. The summed E-state index contributed by atoms with van der Waals surface area (Å²) in [6, 6.07) is 12.3. The Morgan fingerprint density at radius 2 is 1.75 bits per heavy atom. The number of benzene rings is 2. The number of hydrogen-bond donors (Lipinski definition) is 1. The zero-order valence-electron chi connectivity index (χ0n) is 19.1. The Hall–Kier alpha value is -3.43. The average molecular weight is 519 g/mol. The van der Waals surface area contributed by atoms with Crippen molar-refractivity contribution in [3.63, 3.8) is 0 Å². The van der Waals surface area contributed by atoms with Crippen LogP contribution in [0.5, 0.6) is 0 Å². The van der Waals surface area contributed by atoms with Crippen molar-refractivity contribution >= 4 is 35.0 Å². The lowest BCUT2D eigenvalue weighted by Crippen LogP contribution is -2.46. The van der Waals surface area contributed by atoms with E-state index in [1.807, 2.05) is 6.08 Å². The first-order valence-corrected chi connectivity index (χ1v) is 11.6. The predicted molar refractivity (Wildman–Crippen MR) is 133 cm³/mol. The monoisotopic (exact) mass is 518 g/mol. The van der Waals surface area contributed by atoms with Gasteiger partial charge in [-0.2, -0.15) is 13.2 Å². The number of pyridine rings is 1. The molecule has 0 aliphatic carbocycles. The quantitative estimate of drug-likeness (QED) is 0.322. The van der Waals surface area contributed by atoms with Crippen LogP contribution in [0.1, 0.15) is 21.5 Å². The number of carbonyl (C=O) groups excluding carboxylic acids is 1. The third-order valence-corrected chi connectivity index (χ3v) is 6.03. The Morgan fingerprint density at radius 3 is 2.42 bits per heavy atom. The van der Waals surface area contributed by atoms with Crippen molar-refractivity contribution in [3.8, 4) is 0 Å². The van der Waals surface area contributed by atoms with Gasteiger partial charge in [0.2, 0.25) is 0 Å². The minimum atomic E-state index is -4.35. The van der Waals surface area contributed by atoms with Crippen molar-refractivity contribution in [1.82, 2.24) is 9.88 Å². The molecule has 10 heteroatoms. The van der Waals surface area contributed by atoms with Crippen LogP contribution in [-0.2, 0) is 6.18 Å². The Kier molecular flexibility index (Phi) is 7.91. The summed E-state index contributed by atoms with van der Waals surface area (Å²) >= 11 is 5.87. The van der Waals surface area contributed by atoms with Gasteiger partial charge in [-0.25, -0.2) is 9.37 Å². The van der Waals surface area contributed by atoms with Gasteiger partial charge in [0.1, 0.15) is 11.0 Å². The number of aromatic nitrogens is 1. The van der Waals surface area contributed by atoms with Crippen LogP contribution in [0.4, 0.5) is 28.9 Å². The fraction of sp³-hybridized carbons (Fsp3) is 0.231. The van der Waals surface area contributed by atoms with Crippen molar-refractivity contribution in [2.75, 3.05) is 42.9 Å². The predicted octanol–water partition coefficient (Wildman–Crippen LogP) is 5.98. The lowest BCUT2D eigenvalue weighted by Gasteiger charge is -2.36. The molecule has 0 saturated carbocycles. The van der Waals surface area contributed by atoms with Gasteiger partial charge in [0.25, 0.3) is 5.91 Å². The van der Waals surface area contributed by atoms with Gasteiger partial charge in [0.05, 0.1) is 16.9 Å². The maximum atomic E-state index is 14.0. The van der Waals surface area contributed by atoms with Gasteiger partial charge in [0.15, 0.2) is 0 Å². The van der Waals surface area contributed by atoms with Crippen LogP contribution in [-0.4, -0.2) is 48.5 Å². The molecule has 5 nitrogen and oxygen atoms in total.